The lowest BCUT2D eigenvalue weighted by atomic mass is 10.2. The smallest absolute Gasteiger partial charge is 0.274 e. The quantitative estimate of drug-likeness (QED) is 0.742. The molecule has 0 N–H and O–H groups in total. The predicted octanol–water partition coefficient (Wildman–Crippen LogP) is 3.43. The molecule has 0 bridgehead atoms. The highest BCUT2D eigenvalue weighted by Gasteiger charge is 2.33. The second kappa shape index (κ2) is 5.80. The highest BCUT2D eigenvalue weighted by atomic mass is 16.2. The molecule has 1 aromatic heterocycles. The molecule has 0 atom stereocenters. The standard InChI is InChI=1S/C19H17N3O/c23-19(18-12-20-16-8-4-5-9-17(16)21-18)22(15-10-11-15)13-14-6-2-1-3-7-14/h1-9,12,15H,10-11,13H2. The summed E-state index contributed by atoms with van der Waals surface area (Å²) in [5, 5.41) is 0. The average Bonchev–Trinajstić information content (AvgIpc) is 3.44. The second-order valence-electron chi connectivity index (χ2n) is 5.89. The van der Waals surface area contributed by atoms with Gasteiger partial charge < -0.3 is 4.90 Å². The number of hydrogen-bond donors (Lipinski definition) is 0. The molecule has 1 heterocycles. The Labute approximate surface area is 134 Å². The number of nitrogens with zero attached hydrogens (tertiary/aromatic N) is 3. The molecule has 0 unspecified atom stereocenters. The fraction of sp³-hybridized carbons (Fsp3) is 0.211. The maximum Gasteiger partial charge on any atom is 0.274 e. The van der Waals surface area contributed by atoms with Crippen LogP contribution in [0.15, 0.2) is 60.8 Å². The molecule has 23 heavy (non-hydrogen) atoms. The van der Waals surface area contributed by atoms with Gasteiger partial charge >= 0.3 is 0 Å². The molecule has 1 fully saturated rings. The van der Waals surface area contributed by atoms with E-state index in [9.17, 15) is 4.79 Å². The second-order valence-corrected chi connectivity index (χ2v) is 5.89. The summed E-state index contributed by atoms with van der Waals surface area (Å²) in [6.07, 6.45) is 3.73. The molecular weight excluding hydrogens is 286 g/mol. The Hall–Kier alpha value is -2.75. The van der Waals surface area contributed by atoms with Crippen LogP contribution >= 0.6 is 0 Å². The largest absolute Gasteiger partial charge is 0.330 e. The van der Waals surface area contributed by atoms with Crippen molar-refractivity contribution in [1.82, 2.24) is 14.9 Å². The van der Waals surface area contributed by atoms with Gasteiger partial charge in [-0.25, -0.2) is 4.98 Å². The number of aromatic nitrogens is 2. The van der Waals surface area contributed by atoms with Gasteiger partial charge in [-0.15, -0.1) is 0 Å². The average molecular weight is 303 g/mol. The van der Waals surface area contributed by atoms with Crippen LogP contribution in [0.3, 0.4) is 0 Å². The Kier molecular flexibility index (Phi) is 3.50. The number of para-hydroxylation sites is 2. The first-order valence-electron chi connectivity index (χ1n) is 7.88. The lowest BCUT2D eigenvalue weighted by Crippen LogP contribution is -2.33. The number of hydrogen-bond acceptors (Lipinski definition) is 3. The van der Waals surface area contributed by atoms with Gasteiger partial charge in [0.15, 0.2) is 0 Å². The Morgan fingerprint density at radius 2 is 1.70 bits per heavy atom. The van der Waals surface area contributed by atoms with Gasteiger partial charge in [-0.2, -0.15) is 0 Å². The number of fused-ring (bicyclic) bond motifs is 1. The fourth-order valence-corrected chi connectivity index (χ4v) is 2.74. The monoisotopic (exact) mass is 303 g/mol. The van der Waals surface area contributed by atoms with Crippen LogP contribution in [0.1, 0.15) is 28.9 Å². The zero-order valence-electron chi connectivity index (χ0n) is 12.7. The molecule has 4 heteroatoms. The van der Waals surface area contributed by atoms with Gasteiger partial charge in [-0.3, -0.25) is 9.78 Å². The van der Waals surface area contributed by atoms with E-state index in [1.165, 1.54) is 0 Å². The molecule has 4 nitrogen and oxygen atoms in total. The van der Waals surface area contributed by atoms with E-state index in [0.29, 0.717) is 18.3 Å². The van der Waals surface area contributed by atoms with Crippen LogP contribution in [0.5, 0.6) is 0 Å². The summed E-state index contributed by atoms with van der Waals surface area (Å²) in [4.78, 5) is 23.7. The number of benzene rings is 2. The van der Waals surface area contributed by atoms with Gasteiger partial charge in [-0.05, 0) is 30.5 Å². The summed E-state index contributed by atoms with van der Waals surface area (Å²) in [5.41, 5.74) is 3.13. The van der Waals surface area contributed by atoms with Crippen LogP contribution in [0.2, 0.25) is 0 Å². The van der Waals surface area contributed by atoms with Crippen LogP contribution in [0.25, 0.3) is 11.0 Å². The molecular formula is C19H17N3O. The lowest BCUT2D eigenvalue weighted by Gasteiger charge is -2.22. The first kappa shape index (κ1) is 13.9. The van der Waals surface area contributed by atoms with Gasteiger partial charge in [0.25, 0.3) is 5.91 Å². The summed E-state index contributed by atoms with van der Waals surface area (Å²) in [6, 6.07) is 18.0. The maximum atomic E-state index is 12.9. The van der Waals surface area contributed by atoms with Crippen LogP contribution in [0, 0.1) is 0 Å². The van der Waals surface area contributed by atoms with Crippen molar-refractivity contribution in [3.8, 4) is 0 Å². The molecule has 1 amide bonds. The molecule has 1 aliphatic rings. The van der Waals surface area contributed by atoms with Crippen molar-refractivity contribution < 1.29 is 4.79 Å². The third-order valence-electron chi connectivity index (χ3n) is 4.11. The molecule has 0 aliphatic heterocycles. The third kappa shape index (κ3) is 2.93. The van der Waals surface area contributed by atoms with Crippen LogP contribution in [0.4, 0.5) is 0 Å². The molecule has 0 saturated heterocycles. The van der Waals surface area contributed by atoms with Crippen LogP contribution in [-0.2, 0) is 6.54 Å². The summed E-state index contributed by atoms with van der Waals surface area (Å²) in [5.74, 6) is -0.0328. The number of carbonyl (C=O) groups excluding carboxylic acids is 1. The zero-order chi connectivity index (χ0) is 15.6. The van der Waals surface area contributed by atoms with Crippen LogP contribution in [-0.4, -0.2) is 26.8 Å². The Morgan fingerprint density at radius 3 is 2.43 bits per heavy atom. The molecule has 2 aromatic carbocycles. The van der Waals surface area contributed by atoms with Crippen molar-refractivity contribution in [2.75, 3.05) is 0 Å². The van der Waals surface area contributed by atoms with E-state index in [4.69, 9.17) is 0 Å². The molecule has 4 rings (SSSR count). The fourth-order valence-electron chi connectivity index (χ4n) is 2.74. The number of amides is 1. The van der Waals surface area contributed by atoms with E-state index in [-0.39, 0.29) is 5.91 Å². The van der Waals surface area contributed by atoms with Gasteiger partial charge in [0.2, 0.25) is 0 Å². The zero-order valence-corrected chi connectivity index (χ0v) is 12.7. The molecule has 0 spiro atoms. The number of carbonyl (C=O) groups is 1. The highest BCUT2D eigenvalue weighted by molar-refractivity contribution is 5.94. The van der Waals surface area contributed by atoms with E-state index in [1.807, 2.05) is 47.4 Å². The molecule has 3 aromatic rings. The number of rotatable bonds is 4. The summed E-state index contributed by atoms with van der Waals surface area (Å²) >= 11 is 0. The minimum Gasteiger partial charge on any atom is -0.330 e. The van der Waals surface area contributed by atoms with E-state index in [1.54, 1.807) is 6.20 Å². The normalized spacial score (nSPS) is 13.9. The SMILES string of the molecule is O=C(c1cnc2ccccc2n1)N(Cc1ccccc1)C1CC1. The molecule has 114 valence electrons. The predicted molar refractivity (Wildman–Crippen MR) is 88.9 cm³/mol. The van der Waals surface area contributed by atoms with Gasteiger partial charge in [0.05, 0.1) is 17.2 Å². The van der Waals surface area contributed by atoms with Crippen molar-refractivity contribution in [2.45, 2.75) is 25.4 Å². The Morgan fingerprint density at radius 1 is 1.00 bits per heavy atom. The summed E-state index contributed by atoms with van der Waals surface area (Å²) in [6.45, 7) is 0.624. The van der Waals surface area contributed by atoms with Crippen LogP contribution < -0.4 is 0 Å². The lowest BCUT2D eigenvalue weighted by molar-refractivity contribution is 0.0724. The molecule has 0 radical (unpaired) electrons. The third-order valence-corrected chi connectivity index (χ3v) is 4.11. The van der Waals surface area contributed by atoms with Gasteiger partial charge in [0.1, 0.15) is 5.69 Å². The van der Waals surface area contributed by atoms with E-state index in [2.05, 4.69) is 22.1 Å². The van der Waals surface area contributed by atoms with E-state index in [0.717, 1.165) is 29.4 Å². The van der Waals surface area contributed by atoms with Crippen molar-refractivity contribution in [3.05, 3.63) is 72.1 Å². The molecule has 1 saturated carbocycles. The minimum atomic E-state index is -0.0328. The van der Waals surface area contributed by atoms with Gasteiger partial charge in [-0.1, -0.05) is 42.5 Å². The topological polar surface area (TPSA) is 46.1 Å². The van der Waals surface area contributed by atoms with E-state index < -0.39 is 0 Å². The van der Waals surface area contributed by atoms with Crippen molar-refractivity contribution in [3.63, 3.8) is 0 Å². The van der Waals surface area contributed by atoms with Crippen molar-refractivity contribution in [1.29, 1.82) is 0 Å². The summed E-state index contributed by atoms with van der Waals surface area (Å²) in [7, 11) is 0. The van der Waals surface area contributed by atoms with E-state index >= 15 is 0 Å². The van der Waals surface area contributed by atoms with Gasteiger partial charge in [0, 0.05) is 12.6 Å². The van der Waals surface area contributed by atoms with Crippen molar-refractivity contribution in [2.24, 2.45) is 0 Å². The highest BCUT2D eigenvalue weighted by Crippen LogP contribution is 2.29. The summed E-state index contributed by atoms with van der Waals surface area (Å²) < 4.78 is 0. The van der Waals surface area contributed by atoms with Crippen molar-refractivity contribution >= 4 is 16.9 Å². The first-order chi connectivity index (χ1) is 11.3. The Bertz CT molecular complexity index is 843. The first-order valence-corrected chi connectivity index (χ1v) is 7.88. The molecule has 1 aliphatic carbocycles. The maximum absolute atomic E-state index is 12.9. The minimum absolute atomic E-state index is 0.0328. The Balaban J connectivity index is 1.63.